The summed E-state index contributed by atoms with van der Waals surface area (Å²) >= 11 is 4.78. The minimum Gasteiger partial charge on any atom is -0.478 e. The van der Waals surface area contributed by atoms with Gasteiger partial charge in [-0.25, -0.2) is 0 Å². The van der Waals surface area contributed by atoms with Gasteiger partial charge in [0, 0.05) is 19.8 Å². The maximum absolute atomic E-state index is 12.1. The number of ether oxygens (including phenoxy) is 1. The van der Waals surface area contributed by atoms with E-state index in [0.29, 0.717) is 6.54 Å². The van der Waals surface area contributed by atoms with Crippen LogP contribution in [0.4, 0.5) is 0 Å². The second-order valence-electron chi connectivity index (χ2n) is 4.73. The molecular formula is C14H21N3O3S. The van der Waals surface area contributed by atoms with E-state index in [-0.39, 0.29) is 35.4 Å². The average molecular weight is 311 g/mol. The summed E-state index contributed by atoms with van der Waals surface area (Å²) in [6.45, 7) is 2.73. The van der Waals surface area contributed by atoms with Crippen molar-refractivity contribution >= 4 is 23.1 Å². The highest BCUT2D eigenvalue weighted by Gasteiger charge is 2.11. The van der Waals surface area contributed by atoms with E-state index in [1.54, 1.807) is 24.2 Å². The highest BCUT2D eigenvalue weighted by Crippen LogP contribution is 2.03. The fraction of sp³-hybridized carbons (Fsp3) is 0.500. The Balaban J connectivity index is 2.65. The van der Waals surface area contributed by atoms with Gasteiger partial charge >= 0.3 is 0 Å². The van der Waals surface area contributed by atoms with Crippen LogP contribution < -0.4 is 16.0 Å². The lowest BCUT2D eigenvalue weighted by Gasteiger charge is -2.17. The van der Waals surface area contributed by atoms with Gasteiger partial charge < -0.3 is 19.9 Å². The van der Waals surface area contributed by atoms with E-state index in [9.17, 15) is 9.59 Å². The number of rotatable bonds is 8. The summed E-state index contributed by atoms with van der Waals surface area (Å²) in [5.41, 5.74) is 5.07. The van der Waals surface area contributed by atoms with Gasteiger partial charge in [-0.15, -0.1) is 0 Å². The Kier molecular flexibility index (Phi) is 6.87. The lowest BCUT2D eigenvalue weighted by atomic mass is 10.3. The quantitative estimate of drug-likeness (QED) is 0.718. The highest BCUT2D eigenvalue weighted by molar-refractivity contribution is 7.80. The number of carbonyl (C=O) groups is 1. The number of hydrogen-bond donors (Lipinski definition) is 1. The first-order chi connectivity index (χ1) is 9.95. The molecule has 6 nitrogen and oxygen atoms in total. The van der Waals surface area contributed by atoms with Crippen LogP contribution in [0.3, 0.4) is 0 Å². The minimum atomic E-state index is -0.352. The summed E-state index contributed by atoms with van der Waals surface area (Å²) in [5.74, 6) is -0.0430. The van der Waals surface area contributed by atoms with E-state index in [1.165, 1.54) is 10.6 Å². The van der Waals surface area contributed by atoms with Crippen LogP contribution in [0.2, 0.25) is 0 Å². The number of pyridine rings is 1. The van der Waals surface area contributed by atoms with E-state index >= 15 is 0 Å². The molecule has 116 valence electrons. The summed E-state index contributed by atoms with van der Waals surface area (Å²) < 4.78 is 6.66. The molecule has 0 unspecified atom stereocenters. The van der Waals surface area contributed by atoms with Crippen LogP contribution in [0, 0.1) is 0 Å². The third kappa shape index (κ3) is 5.55. The minimum absolute atomic E-state index is 0.117. The number of thiocarbonyl (C=S) groups is 1. The topological polar surface area (TPSA) is 77.6 Å². The number of unbranched alkanes of at least 4 members (excludes halogenated alkanes) is 1. The zero-order valence-electron chi connectivity index (χ0n) is 12.4. The molecule has 0 aliphatic rings. The Morgan fingerprint density at radius 2 is 2.24 bits per heavy atom. The Morgan fingerprint density at radius 1 is 1.52 bits per heavy atom. The monoisotopic (exact) mass is 311 g/mol. The molecule has 0 radical (unpaired) electrons. The van der Waals surface area contributed by atoms with Crippen LogP contribution in [0.5, 0.6) is 5.75 Å². The molecule has 21 heavy (non-hydrogen) atoms. The number of nitrogens with zero attached hydrogens (tertiary/aromatic N) is 2. The van der Waals surface area contributed by atoms with Gasteiger partial charge in [0.1, 0.15) is 0 Å². The molecule has 0 aromatic carbocycles. The fourth-order valence-corrected chi connectivity index (χ4v) is 1.83. The first-order valence-electron chi connectivity index (χ1n) is 6.80. The van der Waals surface area contributed by atoms with E-state index in [4.69, 9.17) is 22.7 Å². The Labute approximate surface area is 129 Å². The first kappa shape index (κ1) is 17.2. The van der Waals surface area contributed by atoms with Crippen molar-refractivity contribution < 1.29 is 9.53 Å². The van der Waals surface area contributed by atoms with Crippen LogP contribution >= 0.6 is 12.2 Å². The standard InChI is InChI=1S/C14H21N3O3S/c1-3-4-7-16(2)13(18)10-20-11-6-5-8-17(14(11)19)9-12(15)21/h5-6,8H,3-4,7,9-10H2,1-2H3,(H2,15,21). The first-order valence-corrected chi connectivity index (χ1v) is 7.21. The van der Waals surface area contributed by atoms with Gasteiger partial charge in [-0.1, -0.05) is 25.6 Å². The summed E-state index contributed by atoms with van der Waals surface area (Å²) in [7, 11) is 1.72. The molecule has 0 saturated carbocycles. The van der Waals surface area contributed by atoms with Crippen molar-refractivity contribution in [2.24, 2.45) is 5.73 Å². The zero-order chi connectivity index (χ0) is 15.8. The van der Waals surface area contributed by atoms with E-state index < -0.39 is 0 Å². The van der Waals surface area contributed by atoms with Crippen LogP contribution in [-0.4, -0.2) is 40.6 Å². The third-order valence-electron chi connectivity index (χ3n) is 2.94. The molecule has 1 heterocycles. The van der Waals surface area contributed by atoms with E-state index in [0.717, 1.165) is 12.8 Å². The maximum atomic E-state index is 12.1. The van der Waals surface area contributed by atoms with Crippen LogP contribution in [-0.2, 0) is 11.3 Å². The largest absolute Gasteiger partial charge is 0.478 e. The molecule has 0 saturated heterocycles. The zero-order valence-corrected chi connectivity index (χ0v) is 13.2. The van der Waals surface area contributed by atoms with Gasteiger partial charge in [0.05, 0.1) is 11.5 Å². The lowest BCUT2D eigenvalue weighted by Crippen LogP contribution is -2.33. The Hall–Kier alpha value is -1.89. The van der Waals surface area contributed by atoms with Crippen LogP contribution in [0.15, 0.2) is 23.1 Å². The second-order valence-corrected chi connectivity index (χ2v) is 5.25. The number of carbonyl (C=O) groups excluding carboxylic acids is 1. The van der Waals surface area contributed by atoms with Gasteiger partial charge in [-0.3, -0.25) is 9.59 Å². The molecule has 1 amide bonds. The average Bonchev–Trinajstić information content (AvgIpc) is 2.44. The summed E-state index contributed by atoms with van der Waals surface area (Å²) in [5, 5.41) is 0. The molecule has 0 aliphatic heterocycles. The van der Waals surface area contributed by atoms with Crippen molar-refractivity contribution in [1.29, 1.82) is 0 Å². The molecule has 0 fully saturated rings. The Morgan fingerprint density at radius 3 is 2.86 bits per heavy atom. The molecule has 0 aliphatic carbocycles. The molecule has 1 rings (SSSR count). The SMILES string of the molecule is CCCCN(C)C(=O)COc1cccn(CC(N)=S)c1=O. The molecule has 2 N–H and O–H groups in total. The maximum Gasteiger partial charge on any atom is 0.293 e. The second kappa shape index (κ2) is 8.41. The van der Waals surface area contributed by atoms with E-state index in [2.05, 4.69) is 6.92 Å². The lowest BCUT2D eigenvalue weighted by molar-refractivity contribution is -0.132. The molecule has 1 aromatic heterocycles. The predicted molar refractivity (Wildman–Crippen MR) is 85.5 cm³/mol. The van der Waals surface area contributed by atoms with Gasteiger partial charge in [-0.05, 0) is 18.6 Å². The summed E-state index contributed by atoms with van der Waals surface area (Å²) in [6, 6.07) is 3.18. The summed E-state index contributed by atoms with van der Waals surface area (Å²) in [6.07, 6.45) is 3.53. The van der Waals surface area contributed by atoms with Crippen molar-refractivity contribution in [3.05, 3.63) is 28.7 Å². The van der Waals surface area contributed by atoms with Crippen LogP contribution in [0.1, 0.15) is 19.8 Å². The highest BCUT2D eigenvalue weighted by atomic mass is 32.1. The number of amides is 1. The number of nitrogens with two attached hydrogens (primary N) is 1. The predicted octanol–water partition coefficient (Wildman–Crippen LogP) is 0.772. The van der Waals surface area contributed by atoms with E-state index in [1.807, 2.05) is 0 Å². The number of likely N-dealkylation sites (N-methyl/N-ethyl adjacent to an activating group) is 1. The van der Waals surface area contributed by atoms with Crippen molar-refractivity contribution in [2.45, 2.75) is 26.3 Å². The smallest absolute Gasteiger partial charge is 0.293 e. The van der Waals surface area contributed by atoms with Crippen molar-refractivity contribution in [3.63, 3.8) is 0 Å². The molecule has 0 atom stereocenters. The molecule has 0 spiro atoms. The van der Waals surface area contributed by atoms with Gasteiger partial charge in [0.15, 0.2) is 12.4 Å². The molecular weight excluding hydrogens is 290 g/mol. The van der Waals surface area contributed by atoms with Gasteiger partial charge in [-0.2, -0.15) is 0 Å². The number of hydrogen-bond acceptors (Lipinski definition) is 4. The molecule has 1 aromatic rings. The third-order valence-corrected chi connectivity index (χ3v) is 3.06. The van der Waals surface area contributed by atoms with Crippen LogP contribution in [0.25, 0.3) is 0 Å². The van der Waals surface area contributed by atoms with Crippen molar-refractivity contribution in [1.82, 2.24) is 9.47 Å². The van der Waals surface area contributed by atoms with Crippen molar-refractivity contribution in [2.75, 3.05) is 20.2 Å². The summed E-state index contributed by atoms with van der Waals surface area (Å²) in [4.78, 5) is 25.7. The molecule has 0 bridgehead atoms. The Bertz CT molecular complexity index is 557. The normalized spacial score (nSPS) is 10.2. The number of aromatic nitrogens is 1. The van der Waals surface area contributed by atoms with Crippen molar-refractivity contribution in [3.8, 4) is 5.75 Å². The fourth-order valence-electron chi connectivity index (χ4n) is 1.69. The van der Waals surface area contributed by atoms with Gasteiger partial charge in [0.2, 0.25) is 0 Å². The molecule has 7 heteroatoms. The van der Waals surface area contributed by atoms with Gasteiger partial charge in [0.25, 0.3) is 11.5 Å².